The number of hydrogen-bond acceptors (Lipinski definition) is 6. The van der Waals surface area contributed by atoms with Crippen LogP contribution in [0.2, 0.25) is 0 Å². The van der Waals surface area contributed by atoms with E-state index in [9.17, 15) is 10.2 Å². The summed E-state index contributed by atoms with van der Waals surface area (Å²) in [6.07, 6.45) is 30.0. The molecule has 58 heavy (non-hydrogen) atoms. The highest BCUT2D eigenvalue weighted by molar-refractivity contribution is 5.56. The predicted octanol–water partition coefficient (Wildman–Crippen LogP) is 11.3. The van der Waals surface area contributed by atoms with Crippen LogP contribution in [0.5, 0.6) is 23.0 Å². The number of nitrogens with two attached hydrogens (primary N) is 2. The molecule has 16 fully saturated rings. The lowest BCUT2D eigenvalue weighted by Gasteiger charge is -2.81. The Morgan fingerprint density at radius 1 is 0.466 bits per heavy atom. The van der Waals surface area contributed by atoms with Gasteiger partial charge in [0.1, 0.15) is 23.0 Å². The van der Waals surface area contributed by atoms with E-state index in [-0.39, 0.29) is 28.2 Å². The summed E-state index contributed by atoms with van der Waals surface area (Å²) in [5.74, 6) is 12.1. The molecule has 18 rings (SSSR count). The monoisotopic (exact) mass is 785 g/mol. The molecular formula is C52H68N2O4. The number of phenolic OH excluding ortho intramolecular Hbond substituents is 2. The van der Waals surface area contributed by atoms with Crippen molar-refractivity contribution in [3.63, 3.8) is 0 Å². The quantitative estimate of drug-likeness (QED) is 0.126. The molecule has 0 radical (unpaired) electrons. The van der Waals surface area contributed by atoms with Crippen LogP contribution in [0.3, 0.4) is 0 Å². The van der Waals surface area contributed by atoms with Gasteiger partial charge in [-0.15, -0.1) is 0 Å². The first-order chi connectivity index (χ1) is 28.0. The molecule has 0 heterocycles. The van der Waals surface area contributed by atoms with Crippen molar-refractivity contribution >= 4 is 11.4 Å². The molecule has 6 nitrogen and oxygen atoms in total. The number of benzene rings is 2. The van der Waals surface area contributed by atoms with E-state index in [1.54, 1.807) is 50.7 Å². The Labute approximate surface area is 346 Å². The lowest BCUT2D eigenvalue weighted by Crippen LogP contribution is -2.80. The zero-order valence-electron chi connectivity index (χ0n) is 34.8. The fraction of sp³-hybridized carbons (Fsp3) is 0.769. The molecule has 0 aliphatic heterocycles. The van der Waals surface area contributed by atoms with Crippen molar-refractivity contribution in [3.8, 4) is 23.0 Å². The fourth-order valence-electron chi connectivity index (χ4n) is 22.6. The number of hydrogen-bond donors (Lipinski definition) is 4. The predicted molar refractivity (Wildman–Crippen MR) is 225 cm³/mol. The van der Waals surface area contributed by atoms with Crippen molar-refractivity contribution in [1.29, 1.82) is 0 Å². The molecule has 16 aliphatic carbocycles. The smallest absolute Gasteiger partial charge is 0.260 e. The number of nitrogen functional groups attached to an aromatic ring is 2. The molecule has 0 amide bonds. The van der Waals surface area contributed by atoms with Crippen molar-refractivity contribution in [1.82, 2.24) is 0 Å². The van der Waals surface area contributed by atoms with Gasteiger partial charge in [-0.25, -0.2) is 0 Å². The number of rotatable bonds is 7. The summed E-state index contributed by atoms with van der Waals surface area (Å²) in [5, 5.41) is 22.2. The number of anilines is 2. The van der Waals surface area contributed by atoms with Crippen molar-refractivity contribution < 1.29 is 19.7 Å². The molecule has 8 atom stereocenters. The van der Waals surface area contributed by atoms with Crippen molar-refractivity contribution in [2.24, 2.45) is 105 Å². The zero-order chi connectivity index (χ0) is 38.6. The molecule has 0 aromatic heterocycles. The molecule has 8 unspecified atom stereocenters. The minimum Gasteiger partial charge on any atom is -0.506 e. The molecule has 0 saturated heterocycles. The lowest BCUT2D eigenvalue weighted by atomic mass is 9.24. The highest BCUT2D eigenvalue weighted by Gasteiger charge is 2.82. The molecule has 2 aromatic rings. The first-order valence-electron chi connectivity index (χ1n) is 24.6. The van der Waals surface area contributed by atoms with Crippen LogP contribution in [0, 0.1) is 105 Å². The number of aromatic hydroxyl groups is 2. The second kappa shape index (κ2) is 11.4. The molecular weight excluding hydrogens is 717 g/mol. The summed E-state index contributed by atoms with van der Waals surface area (Å²) in [5.41, 5.74) is 14.3. The molecule has 0 spiro atoms. The highest BCUT2D eigenvalue weighted by atomic mass is 16.7. The maximum Gasteiger partial charge on any atom is 0.260 e. The van der Waals surface area contributed by atoms with Crippen LogP contribution in [0.15, 0.2) is 36.4 Å². The highest BCUT2D eigenvalue weighted by Crippen LogP contribution is 2.86. The minimum atomic E-state index is -0.923. The van der Waals surface area contributed by atoms with Gasteiger partial charge in [0.25, 0.3) is 5.79 Å². The first-order valence-corrected chi connectivity index (χ1v) is 24.6. The summed E-state index contributed by atoms with van der Waals surface area (Å²) in [6, 6.07) is 11.1. The summed E-state index contributed by atoms with van der Waals surface area (Å²) >= 11 is 0. The molecule has 6 N–H and O–H groups in total. The van der Waals surface area contributed by atoms with Gasteiger partial charge >= 0.3 is 0 Å². The molecule has 16 bridgehead atoms. The third-order valence-corrected chi connectivity index (χ3v) is 21.9. The Hall–Kier alpha value is -2.76. The minimum absolute atomic E-state index is 0.0790. The fourth-order valence-corrected chi connectivity index (χ4v) is 22.6. The Balaban J connectivity index is 0.998. The topological polar surface area (TPSA) is 111 Å². The van der Waals surface area contributed by atoms with Crippen LogP contribution in [0.1, 0.15) is 135 Å². The van der Waals surface area contributed by atoms with E-state index >= 15 is 0 Å². The number of ether oxygens (including phenoxy) is 2. The van der Waals surface area contributed by atoms with Gasteiger partial charge < -0.3 is 31.2 Å². The molecule has 2 aromatic carbocycles. The summed E-state index contributed by atoms with van der Waals surface area (Å²) in [4.78, 5) is 0. The second-order valence-electron chi connectivity index (χ2n) is 24.8. The lowest BCUT2D eigenvalue weighted by molar-refractivity contribution is -0.386. The van der Waals surface area contributed by atoms with Crippen LogP contribution in [0.25, 0.3) is 0 Å². The summed E-state index contributed by atoms with van der Waals surface area (Å²) in [6.45, 7) is 0. The third-order valence-electron chi connectivity index (χ3n) is 21.9. The van der Waals surface area contributed by atoms with E-state index in [1.807, 2.05) is 24.3 Å². The van der Waals surface area contributed by atoms with Gasteiger partial charge in [0, 0.05) is 18.1 Å². The Bertz CT molecular complexity index is 1930. The average molecular weight is 785 g/mol. The normalized spacial score (nSPS) is 52.8. The van der Waals surface area contributed by atoms with E-state index < -0.39 is 5.79 Å². The number of phenols is 2. The second-order valence-corrected chi connectivity index (χ2v) is 24.8. The first kappa shape index (κ1) is 34.9. The van der Waals surface area contributed by atoms with Gasteiger partial charge in [-0.05, 0) is 252 Å². The van der Waals surface area contributed by atoms with Crippen molar-refractivity contribution in [2.75, 3.05) is 11.5 Å². The van der Waals surface area contributed by atoms with Crippen LogP contribution >= 0.6 is 0 Å². The van der Waals surface area contributed by atoms with E-state index in [0.29, 0.717) is 45.5 Å². The largest absolute Gasteiger partial charge is 0.506 e. The Morgan fingerprint density at radius 3 is 1.34 bits per heavy atom. The Kier molecular flexibility index (Phi) is 6.85. The average Bonchev–Trinajstić information content (AvgIpc) is 3.15. The van der Waals surface area contributed by atoms with Crippen molar-refractivity contribution in [3.05, 3.63) is 36.4 Å². The van der Waals surface area contributed by atoms with Crippen LogP contribution in [-0.4, -0.2) is 16.0 Å². The molecule has 310 valence electrons. The van der Waals surface area contributed by atoms with Gasteiger partial charge in [0.2, 0.25) is 0 Å². The Morgan fingerprint density at radius 2 is 0.879 bits per heavy atom. The summed E-state index contributed by atoms with van der Waals surface area (Å²) in [7, 11) is 0. The van der Waals surface area contributed by atoms with Crippen LogP contribution in [-0.2, 0) is 0 Å². The summed E-state index contributed by atoms with van der Waals surface area (Å²) < 4.78 is 15.7. The molecule has 16 aliphatic rings. The third kappa shape index (κ3) is 4.37. The maximum atomic E-state index is 11.1. The van der Waals surface area contributed by atoms with E-state index in [2.05, 4.69) is 0 Å². The zero-order valence-corrected chi connectivity index (χ0v) is 34.8. The van der Waals surface area contributed by atoms with Gasteiger partial charge in [0.15, 0.2) is 0 Å². The van der Waals surface area contributed by atoms with E-state index in [4.69, 9.17) is 20.9 Å². The van der Waals surface area contributed by atoms with E-state index in [1.165, 1.54) is 83.5 Å². The molecule has 6 heteroatoms. The van der Waals surface area contributed by atoms with Crippen LogP contribution < -0.4 is 20.9 Å². The van der Waals surface area contributed by atoms with Crippen molar-refractivity contribution in [2.45, 2.75) is 141 Å². The SMILES string of the molecule is Nc1ccc(OC2(Oc3ccc(N)c(O)c3)C3CC4CC(C3)CC2(C23CC5CC(CC(C5)C2C25CC6CC(CC(C6)C2C26CC7CC(CC(C7)C2)C6)C5)C3)C4)cc1O. The van der Waals surface area contributed by atoms with Crippen LogP contribution in [0.4, 0.5) is 11.4 Å². The maximum absolute atomic E-state index is 11.1. The molecule has 16 saturated carbocycles. The van der Waals surface area contributed by atoms with Gasteiger partial charge in [0.05, 0.1) is 16.8 Å². The standard InChI is InChI=1S/C52H68N2O4/c53-42-3-1-40(17-44(42)55)57-52(58-41-2-4-43(54)45(56)18-41)39-15-35-10-36(16-39)27-51(52,26-35)50-24-33-9-34(25-50)14-38(13-33)47(50)49-22-31-8-32(23-49)12-37(11-31)46(49)48-19-28-5-29(20-48)7-30(6-28)21-48/h1-4,17-18,28-39,46-47,55-56H,5-16,19-27,53-54H2. The van der Waals surface area contributed by atoms with Gasteiger partial charge in [-0.2, -0.15) is 0 Å². The van der Waals surface area contributed by atoms with E-state index in [0.717, 1.165) is 77.9 Å². The van der Waals surface area contributed by atoms with Gasteiger partial charge in [-0.3, -0.25) is 0 Å². The van der Waals surface area contributed by atoms with Gasteiger partial charge in [-0.1, -0.05) is 0 Å².